The first-order valence-electron chi connectivity index (χ1n) is 6.10. The first-order chi connectivity index (χ1) is 9.62. The molecule has 7 nitrogen and oxygen atoms in total. The lowest BCUT2D eigenvalue weighted by molar-refractivity contribution is 0.481. The summed E-state index contributed by atoms with van der Waals surface area (Å²) in [6, 6.07) is 4.13. The fraction of sp³-hybridized carbons (Fsp3) is 0.333. The molecule has 9 heteroatoms. The van der Waals surface area contributed by atoms with Crippen molar-refractivity contribution in [1.82, 2.24) is 0 Å². The maximum atomic E-state index is 11.1. The van der Waals surface area contributed by atoms with E-state index in [0.717, 1.165) is 5.70 Å². The molecule has 0 aromatic heterocycles. The van der Waals surface area contributed by atoms with Crippen LogP contribution in [0.1, 0.15) is 12.5 Å². The number of fused-ring (bicyclic) bond motifs is 1. The second-order valence-electron chi connectivity index (χ2n) is 4.66. The van der Waals surface area contributed by atoms with E-state index in [1.807, 2.05) is 0 Å². The molecule has 21 heavy (non-hydrogen) atoms. The molecule has 1 aliphatic rings. The molecule has 0 spiro atoms. The van der Waals surface area contributed by atoms with Gasteiger partial charge in [0.1, 0.15) is 0 Å². The zero-order valence-corrected chi connectivity index (χ0v) is 12.9. The van der Waals surface area contributed by atoms with Gasteiger partial charge in [-0.1, -0.05) is 6.08 Å². The maximum absolute atomic E-state index is 11.1. The minimum absolute atomic E-state index is 0.0662. The third kappa shape index (κ3) is 3.62. The minimum Gasteiger partial charge on any atom is -0.344 e. The topological polar surface area (TPSA) is 112 Å². The molecule has 0 amide bonds. The lowest BCUT2D eigenvalue weighted by Crippen LogP contribution is -2.26. The Morgan fingerprint density at radius 2 is 1.90 bits per heavy atom. The van der Waals surface area contributed by atoms with E-state index in [1.165, 1.54) is 18.2 Å². The highest BCUT2D eigenvalue weighted by molar-refractivity contribution is 7.86. The largest absolute Gasteiger partial charge is 0.344 e. The molecule has 0 atom stereocenters. The van der Waals surface area contributed by atoms with Gasteiger partial charge in [0.25, 0.3) is 20.2 Å². The highest BCUT2D eigenvalue weighted by atomic mass is 32.2. The first-order valence-corrected chi connectivity index (χ1v) is 9.15. The summed E-state index contributed by atoms with van der Waals surface area (Å²) in [4.78, 5) is 1.50. The summed E-state index contributed by atoms with van der Waals surface area (Å²) in [5.41, 5.74) is 2.15. The number of nitrogens with zero attached hydrogens (tertiary/aromatic N) is 1. The molecule has 2 rings (SSSR count). The second kappa shape index (κ2) is 5.41. The molecule has 1 aliphatic heterocycles. The summed E-state index contributed by atoms with van der Waals surface area (Å²) in [6.45, 7) is 1.85. The average molecular weight is 333 g/mol. The Kier molecular flexibility index (Phi) is 4.11. The van der Waals surface area contributed by atoms with Crippen LogP contribution >= 0.6 is 0 Å². The average Bonchev–Trinajstić information content (AvgIpc) is 2.71. The molecule has 0 aliphatic carbocycles. The van der Waals surface area contributed by atoms with Crippen molar-refractivity contribution >= 4 is 25.9 Å². The van der Waals surface area contributed by atoms with Gasteiger partial charge in [-0.3, -0.25) is 9.11 Å². The van der Waals surface area contributed by atoms with Crippen LogP contribution in [0.25, 0.3) is 0 Å². The molecule has 116 valence electrons. The molecular weight excluding hydrogens is 318 g/mol. The van der Waals surface area contributed by atoms with Crippen molar-refractivity contribution in [1.29, 1.82) is 0 Å². The molecule has 0 saturated carbocycles. The number of anilines is 1. The Hall–Kier alpha value is -1.42. The second-order valence-corrected chi connectivity index (χ2v) is 7.65. The fourth-order valence-corrected chi connectivity index (χ4v) is 3.25. The summed E-state index contributed by atoms with van der Waals surface area (Å²) >= 11 is 0. The van der Waals surface area contributed by atoms with E-state index >= 15 is 0 Å². The van der Waals surface area contributed by atoms with Crippen LogP contribution in [0, 0.1) is 0 Å². The molecular formula is C12H15NO6S2. The normalized spacial score (nSPS) is 17.3. The van der Waals surface area contributed by atoms with Crippen molar-refractivity contribution in [2.75, 3.05) is 17.2 Å². The van der Waals surface area contributed by atoms with Gasteiger partial charge >= 0.3 is 0 Å². The zero-order valence-electron chi connectivity index (χ0n) is 11.2. The van der Waals surface area contributed by atoms with Crippen LogP contribution in [0.4, 0.5) is 5.69 Å². The SMILES string of the molecule is CC=C1Cc2cc(S(=O)(=O)O)ccc2N1CCS(=O)(=O)O. The molecule has 0 radical (unpaired) electrons. The number of allylic oxidation sites excluding steroid dienone is 2. The third-order valence-corrected chi connectivity index (χ3v) is 4.81. The predicted molar refractivity (Wildman–Crippen MR) is 77.5 cm³/mol. The predicted octanol–water partition coefficient (Wildman–Crippen LogP) is 1.09. The van der Waals surface area contributed by atoms with Crippen LogP contribution < -0.4 is 4.90 Å². The van der Waals surface area contributed by atoms with Crippen molar-refractivity contribution in [3.8, 4) is 0 Å². The lowest BCUT2D eigenvalue weighted by Gasteiger charge is -2.20. The number of rotatable bonds is 4. The standard InChI is InChI=1S/C12H15NO6S2/c1-2-10-7-9-8-11(21(17,18)19)3-4-12(9)13(10)5-6-20(14,15)16/h2-4,8H,5-7H2,1H3,(H,14,15,16)(H,17,18,19). The lowest BCUT2D eigenvalue weighted by atomic mass is 10.1. The van der Waals surface area contributed by atoms with Crippen molar-refractivity contribution < 1.29 is 25.9 Å². The Morgan fingerprint density at radius 1 is 1.24 bits per heavy atom. The highest BCUT2D eigenvalue weighted by Gasteiger charge is 2.26. The van der Waals surface area contributed by atoms with E-state index in [2.05, 4.69) is 0 Å². The molecule has 1 aromatic carbocycles. The van der Waals surface area contributed by atoms with E-state index < -0.39 is 26.0 Å². The van der Waals surface area contributed by atoms with E-state index in [0.29, 0.717) is 17.7 Å². The van der Waals surface area contributed by atoms with Gasteiger partial charge in [-0.2, -0.15) is 16.8 Å². The summed E-state index contributed by atoms with van der Waals surface area (Å²) in [5.74, 6) is -0.427. The maximum Gasteiger partial charge on any atom is 0.294 e. The molecule has 0 saturated heterocycles. The van der Waals surface area contributed by atoms with Crippen molar-refractivity contribution in [2.24, 2.45) is 0 Å². The zero-order chi connectivity index (χ0) is 15.8. The Morgan fingerprint density at radius 3 is 2.43 bits per heavy atom. The van der Waals surface area contributed by atoms with Gasteiger partial charge in [-0.05, 0) is 30.7 Å². The monoisotopic (exact) mass is 333 g/mol. The molecule has 1 aromatic rings. The van der Waals surface area contributed by atoms with Gasteiger partial charge in [0, 0.05) is 24.4 Å². The molecule has 0 fully saturated rings. The van der Waals surface area contributed by atoms with E-state index in [4.69, 9.17) is 9.11 Å². The van der Waals surface area contributed by atoms with Crippen LogP contribution in [-0.2, 0) is 26.7 Å². The first kappa shape index (κ1) is 16.0. The highest BCUT2D eigenvalue weighted by Crippen LogP contribution is 2.35. The van der Waals surface area contributed by atoms with E-state index in [-0.39, 0.29) is 11.4 Å². The van der Waals surface area contributed by atoms with Gasteiger partial charge in [-0.15, -0.1) is 0 Å². The van der Waals surface area contributed by atoms with Crippen LogP contribution in [0.2, 0.25) is 0 Å². The number of benzene rings is 1. The van der Waals surface area contributed by atoms with E-state index in [1.54, 1.807) is 17.9 Å². The summed E-state index contributed by atoms with van der Waals surface area (Å²) < 4.78 is 61.9. The van der Waals surface area contributed by atoms with Crippen LogP contribution in [0.3, 0.4) is 0 Å². The van der Waals surface area contributed by atoms with E-state index in [9.17, 15) is 16.8 Å². The summed E-state index contributed by atoms with van der Waals surface area (Å²) in [6.07, 6.45) is 2.22. The quantitative estimate of drug-likeness (QED) is 0.793. The Labute approximate surface area is 123 Å². The molecule has 2 N–H and O–H groups in total. The Bertz CT molecular complexity index is 795. The third-order valence-electron chi connectivity index (χ3n) is 3.26. The Balaban J connectivity index is 2.38. The molecule has 0 bridgehead atoms. The van der Waals surface area contributed by atoms with Gasteiger partial charge in [-0.25, -0.2) is 0 Å². The smallest absolute Gasteiger partial charge is 0.294 e. The van der Waals surface area contributed by atoms with Crippen LogP contribution in [0.5, 0.6) is 0 Å². The van der Waals surface area contributed by atoms with Gasteiger partial charge in [0.05, 0.1) is 10.6 Å². The molecule has 1 heterocycles. The van der Waals surface area contributed by atoms with Crippen molar-refractivity contribution in [2.45, 2.75) is 18.2 Å². The number of hydrogen-bond donors (Lipinski definition) is 2. The van der Waals surface area contributed by atoms with Crippen LogP contribution in [0.15, 0.2) is 34.9 Å². The fourth-order valence-electron chi connectivity index (χ4n) is 2.30. The van der Waals surface area contributed by atoms with Gasteiger partial charge in [0.15, 0.2) is 0 Å². The van der Waals surface area contributed by atoms with Crippen molar-refractivity contribution in [3.63, 3.8) is 0 Å². The summed E-state index contributed by atoms with van der Waals surface area (Å²) in [5, 5.41) is 0. The summed E-state index contributed by atoms with van der Waals surface area (Å²) in [7, 11) is -8.36. The minimum atomic E-state index is -4.28. The molecule has 0 unspecified atom stereocenters. The van der Waals surface area contributed by atoms with Gasteiger partial charge in [0.2, 0.25) is 0 Å². The van der Waals surface area contributed by atoms with Crippen LogP contribution in [-0.4, -0.2) is 38.2 Å². The van der Waals surface area contributed by atoms with Crippen molar-refractivity contribution in [3.05, 3.63) is 35.5 Å². The number of hydrogen-bond acceptors (Lipinski definition) is 5. The van der Waals surface area contributed by atoms with Gasteiger partial charge < -0.3 is 4.90 Å².